The third-order valence-corrected chi connectivity index (χ3v) is 4.66. The molecule has 0 aromatic heterocycles. The van der Waals surface area contributed by atoms with Crippen LogP contribution in [0.3, 0.4) is 0 Å². The van der Waals surface area contributed by atoms with Crippen LogP contribution in [0.1, 0.15) is 59.4 Å². The number of alkyl carbamates (subject to hydrolysis) is 1. The van der Waals surface area contributed by atoms with E-state index >= 15 is 0 Å². The number of amides is 4. The summed E-state index contributed by atoms with van der Waals surface area (Å²) >= 11 is 0. The van der Waals surface area contributed by atoms with E-state index in [1.54, 1.807) is 20.8 Å². The highest BCUT2D eigenvalue weighted by molar-refractivity contribution is 5.91. The van der Waals surface area contributed by atoms with Crippen molar-refractivity contribution in [3.8, 4) is 0 Å². The minimum Gasteiger partial charge on any atom is -0.459 e. The second-order valence-electron chi connectivity index (χ2n) is 9.76. The van der Waals surface area contributed by atoms with Crippen LogP contribution in [0.25, 0.3) is 0 Å². The summed E-state index contributed by atoms with van der Waals surface area (Å²) in [5, 5.41) is 14.4. The smallest absolute Gasteiger partial charge is 0.408 e. The number of esters is 1. The first-order valence-electron chi connectivity index (χ1n) is 12.3. The van der Waals surface area contributed by atoms with Gasteiger partial charge in [-0.2, -0.15) is 0 Å². The van der Waals surface area contributed by atoms with Crippen LogP contribution in [0.2, 0.25) is 0 Å². The number of nitrogens with one attached hydrogen (secondary N) is 3. The molecule has 0 aliphatic rings. The summed E-state index contributed by atoms with van der Waals surface area (Å²) < 4.78 is 10.5. The van der Waals surface area contributed by atoms with Crippen LogP contribution in [0, 0.1) is 5.92 Å². The fraction of sp³-hybridized carbons (Fsp3) is 0.577. The normalized spacial score (nSPS) is 12.2. The van der Waals surface area contributed by atoms with Gasteiger partial charge in [0.15, 0.2) is 0 Å². The lowest BCUT2D eigenvalue weighted by molar-refractivity contribution is -0.149. The molecular formula is C26H42N4O8. The van der Waals surface area contributed by atoms with E-state index in [0.29, 0.717) is 6.42 Å². The molecule has 1 aromatic carbocycles. The zero-order chi connectivity index (χ0) is 29.3. The number of nitrogens with two attached hydrogens (primary N) is 1. The van der Waals surface area contributed by atoms with E-state index in [9.17, 15) is 24.0 Å². The van der Waals surface area contributed by atoms with Gasteiger partial charge in [-0.05, 0) is 45.1 Å². The summed E-state index contributed by atoms with van der Waals surface area (Å²) in [5.41, 5.74) is 5.17. The number of hydrogen-bond acceptors (Lipinski definition) is 8. The number of aliphatic hydroxyl groups is 1. The number of hydrogen-bond donors (Lipinski definition) is 5. The summed E-state index contributed by atoms with van der Waals surface area (Å²) in [7, 11) is 1.00. The van der Waals surface area contributed by atoms with Gasteiger partial charge in [0, 0.05) is 13.5 Å². The van der Waals surface area contributed by atoms with Crippen molar-refractivity contribution in [1.29, 1.82) is 0 Å². The zero-order valence-electron chi connectivity index (χ0n) is 23.0. The summed E-state index contributed by atoms with van der Waals surface area (Å²) in [5.74, 6) is -2.47. The van der Waals surface area contributed by atoms with E-state index in [1.807, 2.05) is 44.2 Å². The number of benzene rings is 1. The molecular weight excluding hydrogens is 496 g/mol. The summed E-state index contributed by atoms with van der Waals surface area (Å²) in [6, 6.07) is 7.09. The summed E-state index contributed by atoms with van der Waals surface area (Å²) in [6.07, 6.45) is -0.753. The van der Waals surface area contributed by atoms with Gasteiger partial charge in [-0.25, -0.2) is 9.59 Å². The van der Waals surface area contributed by atoms with E-state index in [4.69, 9.17) is 20.3 Å². The number of carbonyl (C=O) groups is 5. The Hall–Kier alpha value is -3.67. The van der Waals surface area contributed by atoms with Crippen molar-refractivity contribution >= 4 is 29.8 Å². The third-order valence-electron chi connectivity index (χ3n) is 4.66. The van der Waals surface area contributed by atoms with Crippen molar-refractivity contribution in [2.24, 2.45) is 11.7 Å². The summed E-state index contributed by atoms with van der Waals surface area (Å²) in [6.45, 7) is 8.39. The van der Waals surface area contributed by atoms with E-state index in [1.165, 1.54) is 0 Å². The van der Waals surface area contributed by atoms with Crippen molar-refractivity contribution < 1.29 is 38.6 Å². The van der Waals surface area contributed by atoms with Crippen molar-refractivity contribution in [3.05, 3.63) is 35.9 Å². The van der Waals surface area contributed by atoms with Crippen LogP contribution in [0.5, 0.6) is 0 Å². The van der Waals surface area contributed by atoms with Crippen molar-refractivity contribution in [2.45, 2.75) is 78.2 Å². The highest BCUT2D eigenvalue weighted by Gasteiger charge is 2.27. The molecule has 12 nitrogen and oxygen atoms in total. The second kappa shape index (κ2) is 17.7. The lowest BCUT2D eigenvalue weighted by Crippen LogP contribution is -2.51. The molecule has 12 heteroatoms. The summed E-state index contributed by atoms with van der Waals surface area (Å²) in [4.78, 5) is 60.9. The molecule has 1 rings (SSSR count). The quantitative estimate of drug-likeness (QED) is 0.231. The molecule has 0 aliphatic carbocycles. The molecule has 0 heterocycles. The third kappa shape index (κ3) is 16.1. The lowest BCUT2D eigenvalue weighted by Gasteiger charge is -2.23. The molecule has 0 fully saturated rings. The van der Waals surface area contributed by atoms with Crippen LogP contribution in [0.15, 0.2) is 30.3 Å². The van der Waals surface area contributed by atoms with Gasteiger partial charge in [0.25, 0.3) is 0 Å². The van der Waals surface area contributed by atoms with Crippen LogP contribution in [-0.4, -0.2) is 66.2 Å². The number of ether oxygens (including phenoxy) is 2. The molecule has 2 atom stereocenters. The zero-order valence-corrected chi connectivity index (χ0v) is 23.0. The number of aliphatic hydroxyl groups excluding tert-OH is 1. The van der Waals surface area contributed by atoms with Crippen molar-refractivity contribution in [2.75, 3.05) is 13.7 Å². The molecule has 214 valence electrons. The molecule has 4 amide bonds. The van der Waals surface area contributed by atoms with E-state index in [2.05, 4.69) is 16.0 Å². The van der Waals surface area contributed by atoms with Gasteiger partial charge < -0.3 is 36.3 Å². The maximum absolute atomic E-state index is 12.6. The average Bonchev–Trinajstić information content (AvgIpc) is 2.83. The molecule has 38 heavy (non-hydrogen) atoms. The molecule has 0 radical (unpaired) electrons. The largest absolute Gasteiger partial charge is 0.459 e. The Kier molecular flexibility index (Phi) is 16.0. The van der Waals surface area contributed by atoms with Gasteiger partial charge >= 0.3 is 12.1 Å². The number of rotatable bonds is 13. The van der Waals surface area contributed by atoms with E-state index in [-0.39, 0.29) is 25.4 Å². The Bertz CT molecular complexity index is 900. The second-order valence-corrected chi connectivity index (χ2v) is 9.76. The van der Waals surface area contributed by atoms with Crippen LogP contribution < -0.4 is 21.7 Å². The predicted molar refractivity (Wildman–Crippen MR) is 140 cm³/mol. The minimum atomic E-state index is -1.15. The molecule has 0 bridgehead atoms. The Morgan fingerprint density at radius 1 is 0.974 bits per heavy atom. The van der Waals surface area contributed by atoms with Crippen molar-refractivity contribution in [3.63, 3.8) is 0 Å². The molecule has 0 spiro atoms. The van der Waals surface area contributed by atoms with Crippen LogP contribution >= 0.6 is 0 Å². The fourth-order valence-corrected chi connectivity index (χ4v) is 3.06. The van der Waals surface area contributed by atoms with Crippen LogP contribution in [-0.2, 0) is 35.3 Å². The van der Waals surface area contributed by atoms with Crippen molar-refractivity contribution in [1.82, 2.24) is 16.0 Å². The van der Waals surface area contributed by atoms with Crippen LogP contribution in [0.4, 0.5) is 4.79 Å². The Balaban J connectivity index is 0.00000667. The SMILES string of the molecule is CC(C)CC(NC(=O)CNC(=O)C(CCC(N)=O)NC(=O)OC(C)(C)C)C(=O)OCc1ccccc1.CO. The standard InChI is InChI=1S/C25H38N4O7.CH4O/c1-16(2)13-19(23(33)35-15-17-9-7-6-8-10-17)28-21(31)14-27-22(32)18(11-12-20(26)30)29-24(34)36-25(3,4)5;1-2/h6-10,16,18-19H,11-15H2,1-5H3,(H2,26,30)(H,27,32)(H,28,31)(H,29,34);2H,1H3. The van der Waals surface area contributed by atoms with Gasteiger partial charge in [0.2, 0.25) is 17.7 Å². The molecule has 2 unspecified atom stereocenters. The highest BCUT2D eigenvalue weighted by Crippen LogP contribution is 2.10. The Morgan fingerprint density at radius 3 is 2.11 bits per heavy atom. The molecule has 0 saturated heterocycles. The monoisotopic (exact) mass is 538 g/mol. The first kappa shape index (κ1) is 34.3. The van der Waals surface area contributed by atoms with Gasteiger partial charge in [0.1, 0.15) is 24.3 Å². The van der Waals surface area contributed by atoms with Gasteiger partial charge in [-0.3, -0.25) is 14.4 Å². The maximum atomic E-state index is 12.6. The molecule has 6 N–H and O–H groups in total. The fourth-order valence-electron chi connectivity index (χ4n) is 3.06. The number of carbonyl (C=O) groups excluding carboxylic acids is 5. The topological polar surface area (TPSA) is 186 Å². The minimum absolute atomic E-state index is 0.0682. The highest BCUT2D eigenvalue weighted by atomic mass is 16.6. The molecule has 0 aliphatic heterocycles. The van der Waals surface area contributed by atoms with Gasteiger partial charge in [0.05, 0.1) is 6.54 Å². The predicted octanol–water partition coefficient (Wildman–Crippen LogP) is 1.14. The van der Waals surface area contributed by atoms with Gasteiger partial charge in [-0.1, -0.05) is 44.2 Å². The molecule has 0 saturated carbocycles. The Labute approximate surface area is 224 Å². The first-order chi connectivity index (χ1) is 17.8. The first-order valence-corrected chi connectivity index (χ1v) is 12.3. The van der Waals surface area contributed by atoms with E-state index in [0.717, 1.165) is 12.7 Å². The van der Waals surface area contributed by atoms with E-state index < -0.39 is 54.0 Å². The molecule has 1 aromatic rings. The maximum Gasteiger partial charge on any atom is 0.408 e. The average molecular weight is 539 g/mol. The Morgan fingerprint density at radius 2 is 1.58 bits per heavy atom. The number of primary amides is 1. The lowest BCUT2D eigenvalue weighted by atomic mass is 10.0. The van der Waals surface area contributed by atoms with Gasteiger partial charge in [-0.15, -0.1) is 0 Å².